The van der Waals surface area contributed by atoms with Gasteiger partial charge in [0.25, 0.3) is 5.91 Å². The first-order chi connectivity index (χ1) is 22.2. The number of halogens is 4. The first-order valence-corrected chi connectivity index (χ1v) is 15.1. The summed E-state index contributed by atoms with van der Waals surface area (Å²) in [5, 5.41) is 12.6. The summed E-state index contributed by atoms with van der Waals surface area (Å²) in [5.74, 6) is -0.765. The lowest BCUT2D eigenvalue weighted by Crippen LogP contribution is -2.71. The van der Waals surface area contributed by atoms with E-state index in [-0.39, 0.29) is 36.4 Å². The number of aliphatic hydroxyl groups is 1. The van der Waals surface area contributed by atoms with Crippen molar-refractivity contribution < 1.29 is 32.3 Å². The Balaban J connectivity index is 1.30. The van der Waals surface area contributed by atoms with E-state index in [0.717, 1.165) is 29.5 Å². The molecule has 15 heteroatoms. The predicted molar refractivity (Wildman–Crippen MR) is 165 cm³/mol. The second kappa shape index (κ2) is 11.8. The molecule has 0 spiro atoms. The van der Waals surface area contributed by atoms with Gasteiger partial charge in [-0.2, -0.15) is 13.2 Å². The van der Waals surface area contributed by atoms with Gasteiger partial charge in [-0.15, -0.1) is 0 Å². The molecule has 1 aromatic carbocycles. The zero-order valence-corrected chi connectivity index (χ0v) is 26.1. The summed E-state index contributed by atoms with van der Waals surface area (Å²) in [4.78, 5) is 44.3. The van der Waals surface area contributed by atoms with Gasteiger partial charge in [0, 0.05) is 19.0 Å². The molecular formula is C32H34F4N8O3. The third-order valence-electron chi connectivity index (χ3n) is 8.64. The van der Waals surface area contributed by atoms with Crippen LogP contribution in [0.4, 0.5) is 28.2 Å². The van der Waals surface area contributed by atoms with Crippen molar-refractivity contribution in [2.45, 2.75) is 63.5 Å². The molecule has 2 N–H and O–H groups in total. The van der Waals surface area contributed by atoms with Gasteiger partial charge in [-0.1, -0.05) is 12.6 Å². The number of nitrogens with one attached hydrogen (secondary N) is 1. The summed E-state index contributed by atoms with van der Waals surface area (Å²) in [6.07, 6.45) is 0.0916. The third-order valence-corrected chi connectivity index (χ3v) is 8.64. The summed E-state index contributed by atoms with van der Waals surface area (Å²) in [6, 6.07) is 6.82. The van der Waals surface area contributed by atoms with E-state index in [0.29, 0.717) is 28.5 Å². The standard InChI is InChI=1S/C32H34F4N8O3/c1-5-43(18(2)3)28(37-4)23-7-6-8-26(39-23)40-29(45)21-12-24-20(11-22(21)33)13-41(14-25-27(19-9-10-19)38-17-44(24)25)30(46)42-15-31(47,16-42)32(34,35)36/h5-8,11-12,17-19,47H,1,9-10,13-16H2,2-4H3,(H,39,40,45). The predicted octanol–water partition coefficient (Wildman–Crippen LogP) is 4.81. The minimum absolute atomic E-state index is 0.000424. The summed E-state index contributed by atoms with van der Waals surface area (Å²) in [5.41, 5.74) is -0.664. The molecule has 4 heterocycles. The molecule has 248 valence electrons. The van der Waals surface area contributed by atoms with E-state index in [2.05, 4.69) is 26.9 Å². The Hall–Kier alpha value is -4.79. The van der Waals surface area contributed by atoms with Gasteiger partial charge in [0.2, 0.25) is 0 Å². The number of benzene rings is 1. The van der Waals surface area contributed by atoms with Crippen LogP contribution in [0.25, 0.3) is 5.69 Å². The quantitative estimate of drug-likeness (QED) is 0.224. The van der Waals surface area contributed by atoms with Crippen molar-refractivity contribution in [2.24, 2.45) is 4.99 Å². The van der Waals surface area contributed by atoms with Gasteiger partial charge in [0.15, 0.2) is 11.4 Å². The van der Waals surface area contributed by atoms with Crippen LogP contribution in [0, 0.1) is 5.82 Å². The highest BCUT2D eigenvalue weighted by atomic mass is 19.4. The van der Waals surface area contributed by atoms with Gasteiger partial charge in [-0.05, 0) is 62.7 Å². The number of amides is 3. The molecule has 0 radical (unpaired) electrons. The summed E-state index contributed by atoms with van der Waals surface area (Å²) >= 11 is 0. The van der Waals surface area contributed by atoms with Crippen molar-refractivity contribution in [2.75, 3.05) is 25.5 Å². The van der Waals surface area contributed by atoms with E-state index in [1.54, 1.807) is 42.3 Å². The van der Waals surface area contributed by atoms with E-state index in [4.69, 9.17) is 0 Å². The number of likely N-dealkylation sites (tertiary alicyclic amines) is 1. The van der Waals surface area contributed by atoms with Gasteiger partial charge in [0.1, 0.15) is 17.3 Å². The van der Waals surface area contributed by atoms with E-state index in [9.17, 15) is 27.9 Å². The Labute approximate surface area is 268 Å². The normalized spacial score (nSPS) is 17.4. The number of rotatable bonds is 6. The average Bonchev–Trinajstić information content (AvgIpc) is 3.78. The minimum Gasteiger partial charge on any atom is -0.378 e. The van der Waals surface area contributed by atoms with Crippen LogP contribution in [-0.2, 0) is 13.1 Å². The van der Waals surface area contributed by atoms with Crippen molar-refractivity contribution in [3.05, 3.63) is 83.5 Å². The number of carbonyl (C=O) groups is 2. The summed E-state index contributed by atoms with van der Waals surface area (Å²) < 4.78 is 57.2. The lowest BCUT2D eigenvalue weighted by molar-refractivity contribution is -0.294. The smallest absolute Gasteiger partial charge is 0.378 e. The number of imidazole rings is 1. The number of fused-ring (bicyclic) bond motifs is 3. The molecule has 0 unspecified atom stereocenters. The van der Waals surface area contributed by atoms with Gasteiger partial charge < -0.3 is 29.7 Å². The van der Waals surface area contributed by atoms with E-state index < -0.39 is 42.6 Å². The summed E-state index contributed by atoms with van der Waals surface area (Å²) in [6.45, 7) is 5.83. The van der Waals surface area contributed by atoms with Gasteiger partial charge in [0.05, 0.1) is 55.1 Å². The fraction of sp³-hybridized carbons (Fsp3) is 0.406. The number of aromatic nitrogens is 3. The number of anilines is 1. The van der Waals surface area contributed by atoms with Crippen LogP contribution < -0.4 is 5.32 Å². The van der Waals surface area contributed by atoms with Crippen LogP contribution in [-0.4, -0.2) is 90.1 Å². The Kier molecular flexibility index (Phi) is 8.06. The average molecular weight is 655 g/mol. The number of nitrogens with zero attached hydrogens (tertiary/aromatic N) is 7. The molecule has 3 amide bonds. The SMILES string of the molecule is C=CN(C(=NC)c1cccc(NC(=O)c2cc3c(cc2F)CN(C(=O)N2CC(O)(C(F)(F)F)C2)Cc2c(C4CC4)ncn2-3)n1)C(C)C. The molecule has 2 fully saturated rings. The van der Waals surface area contributed by atoms with Crippen LogP contribution in [0.2, 0.25) is 0 Å². The molecular weight excluding hydrogens is 620 g/mol. The van der Waals surface area contributed by atoms with Crippen LogP contribution in [0.1, 0.15) is 65.6 Å². The van der Waals surface area contributed by atoms with E-state index >= 15 is 4.39 Å². The Morgan fingerprint density at radius 1 is 1.19 bits per heavy atom. The highest BCUT2D eigenvalue weighted by Crippen LogP contribution is 2.43. The molecule has 0 bridgehead atoms. The van der Waals surface area contributed by atoms with Crippen LogP contribution in [0.15, 0.2) is 54.4 Å². The number of hydrogen-bond donors (Lipinski definition) is 2. The highest BCUT2D eigenvalue weighted by molar-refractivity contribution is 6.05. The largest absolute Gasteiger partial charge is 0.420 e. The molecule has 0 atom stereocenters. The number of hydrogen-bond acceptors (Lipinski definition) is 6. The number of aliphatic imine (C=N–C) groups is 1. The lowest BCUT2D eigenvalue weighted by Gasteiger charge is -2.48. The molecule has 3 aromatic rings. The van der Waals surface area contributed by atoms with Crippen molar-refractivity contribution in [1.82, 2.24) is 29.2 Å². The number of amidine groups is 1. The number of urea groups is 1. The number of β-amino-alcohol motifs (C(OH)–C–C–N with tert-alkyl or cyclic N) is 1. The van der Waals surface area contributed by atoms with Crippen molar-refractivity contribution in [1.29, 1.82) is 0 Å². The zero-order valence-electron chi connectivity index (χ0n) is 26.1. The molecule has 6 rings (SSSR count). The second-order valence-corrected chi connectivity index (χ2v) is 12.3. The Bertz CT molecular complexity index is 1780. The maximum atomic E-state index is 15.7. The van der Waals surface area contributed by atoms with Crippen LogP contribution >= 0.6 is 0 Å². The van der Waals surface area contributed by atoms with E-state index in [1.807, 2.05) is 18.7 Å². The molecule has 2 aromatic heterocycles. The first-order valence-electron chi connectivity index (χ1n) is 15.1. The molecule has 1 aliphatic carbocycles. The maximum absolute atomic E-state index is 15.7. The molecule has 11 nitrogen and oxygen atoms in total. The molecule has 3 aliphatic rings. The topological polar surface area (TPSA) is 119 Å². The fourth-order valence-electron chi connectivity index (χ4n) is 5.97. The number of pyridine rings is 1. The summed E-state index contributed by atoms with van der Waals surface area (Å²) in [7, 11) is 1.62. The molecule has 47 heavy (non-hydrogen) atoms. The van der Waals surface area contributed by atoms with Gasteiger partial charge in [-0.25, -0.2) is 19.2 Å². The second-order valence-electron chi connectivity index (χ2n) is 12.3. The number of alkyl halides is 3. The molecule has 1 saturated heterocycles. The van der Waals surface area contributed by atoms with Crippen LogP contribution in [0.5, 0.6) is 0 Å². The monoisotopic (exact) mass is 654 g/mol. The Morgan fingerprint density at radius 2 is 1.91 bits per heavy atom. The molecule has 1 saturated carbocycles. The molecule has 2 aliphatic heterocycles. The number of carbonyl (C=O) groups excluding carboxylic acids is 2. The maximum Gasteiger partial charge on any atom is 0.420 e. The lowest BCUT2D eigenvalue weighted by atomic mass is 9.94. The van der Waals surface area contributed by atoms with Gasteiger partial charge >= 0.3 is 12.2 Å². The van der Waals surface area contributed by atoms with Crippen molar-refractivity contribution >= 4 is 23.6 Å². The highest BCUT2D eigenvalue weighted by Gasteiger charge is 2.62. The fourth-order valence-corrected chi connectivity index (χ4v) is 5.97. The van der Waals surface area contributed by atoms with Gasteiger partial charge in [-0.3, -0.25) is 9.79 Å². The minimum atomic E-state index is -4.88. The van der Waals surface area contributed by atoms with Crippen molar-refractivity contribution in [3.63, 3.8) is 0 Å². The van der Waals surface area contributed by atoms with Crippen LogP contribution in [0.3, 0.4) is 0 Å². The zero-order chi connectivity index (χ0) is 33.8. The Morgan fingerprint density at radius 3 is 2.53 bits per heavy atom. The first kappa shape index (κ1) is 32.2. The third kappa shape index (κ3) is 5.83. The van der Waals surface area contributed by atoms with E-state index in [1.165, 1.54) is 11.0 Å². The van der Waals surface area contributed by atoms with Crippen molar-refractivity contribution in [3.8, 4) is 5.69 Å².